The number of hydrogen-bond donors (Lipinski definition) is 2. The van der Waals surface area contributed by atoms with Crippen LogP contribution in [0.4, 0.5) is 5.69 Å². The third kappa shape index (κ3) is 3.93. The maximum atomic E-state index is 11.3. The molecule has 0 radical (unpaired) electrons. The van der Waals surface area contributed by atoms with Crippen molar-refractivity contribution in [2.45, 2.75) is 12.5 Å². The summed E-state index contributed by atoms with van der Waals surface area (Å²) in [6, 6.07) is 7.53. The number of halogens is 1. The molecular weight excluding hydrogens is 336 g/mol. The van der Waals surface area contributed by atoms with Gasteiger partial charge in [0.25, 0.3) is 0 Å². The highest BCUT2D eigenvalue weighted by Gasteiger charge is 2.28. The Morgan fingerprint density at radius 2 is 2.22 bits per heavy atom. The highest BCUT2D eigenvalue weighted by Crippen LogP contribution is 2.16. The van der Waals surface area contributed by atoms with Crippen molar-refractivity contribution in [1.82, 2.24) is 5.32 Å². The predicted molar refractivity (Wildman–Crippen MR) is 80.6 cm³/mol. The minimum atomic E-state index is -2.88. The first-order valence-corrected chi connectivity index (χ1v) is 8.50. The standard InChI is InChI=1S/C11H13BrN2O2S2/c12-8-2-1-3-9(6-8)13-11(17)14-10-4-5-18(15,16)7-10/h1-3,6,10H,4-5,7H2,(H2,13,14,17)/t10-/m1/s1. The van der Waals surface area contributed by atoms with Gasteiger partial charge in [-0.1, -0.05) is 22.0 Å². The molecule has 0 saturated carbocycles. The van der Waals surface area contributed by atoms with Gasteiger partial charge in [0.2, 0.25) is 0 Å². The molecule has 1 aliphatic heterocycles. The van der Waals surface area contributed by atoms with Crippen molar-refractivity contribution in [2.75, 3.05) is 16.8 Å². The zero-order chi connectivity index (χ0) is 13.2. The summed E-state index contributed by atoms with van der Waals surface area (Å²) in [6.45, 7) is 0. The van der Waals surface area contributed by atoms with Crippen LogP contribution >= 0.6 is 28.1 Å². The van der Waals surface area contributed by atoms with Crippen molar-refractivity contribution in [3.8, 4) is 0 Å². The van der Waals surface area contributed by atoms with Crippen LogP contribution in [-0.4, -0.2) is 31.1 Å². The van der Waals surface area contributed by atoms with Gasteiger partial charge >= 0.3 is 0 Å². The Labute approximate surface area is 120 Å². The molecule has 1 fully saturated rings. The Balaban J connectivity index is 1.90. The SMILES string of the molecule is O=S1(=O)CC[C@@H](NC(=S)Nc2cccc(Br)c2)C1. The predicted octanol–water partition coefficient (Wildman–Crippen LogP) is 1.92. The second kappa shape index (κ2) is 5.54. The quantitative estimate of drug-likeness (QED) is 0.799. The lowest BCUT2D eigenvalue weighted by molar-refractivity contribution is 0.600. The van der Waals surface area contributed by atoms with Gasteiger partial charge in [-0.2, -0.15) is 0 Å². The van der Waals surface area contributed by atoms with Gasteiger partial charge in [-0.25, -0.2) is 8.42 Å². The molecule has 1 saturated heterocycles. The van der Waals surface area contributed by atoms with Gasteiger partial charge in [-0.05, 0) is 36.8 Å². The Hall–Kier alpha value is -0.660. The van der Waals surface area contributed by atoms with E-state index in [1.807, 2.05) is 24.3 Å². The molecule has 0 amide bonds. The number of nitrogens with one attached hydrogen (secondary N) is 2. The van der Waals surface area contributed by atoms with Gasteiger partial charge in [0.1, 0.15) is 0 Å². The Kier molecular flexibility index (Phi) is 4.24. The zero-order valence-electron chi connectivity index (χ0n) is 9.52. The van der Waals surface area contributed by atoms with Crippen molar-refractivity contribution in [3.63, 3.8) is 0 Å². The maximum Gasteiger partial charge on any atom is 0.171 e. The molecule has 1 aromatic carbocycles. The number of sulfone groups is 1. The van der Waals surface area contributed by atoms with Crippen LogP contribution in [0.25, 0.3) is 0 Å². The summed E-state index contributed by atoms with van der Waals surface area (Å²) >= 11 is 8.53. The molecule has 4 nitrogen and oxygen atoms in total. The molecule has 0 aliphatic carbocycles. The molecule has 98 valence electrons. The summed E-state index contributed by atoms with van der Waals surface area (Å²) in [7, 11) is -2.88. The number of hydrogen-bond acceptors (Lipinski definition) is 3. The number of anilines is 1. The van der Waals surface area contributed by atoms with E-state index in [0.717, 1.165) is 10.2 Å². The minimum Gasteiger partial charge on any atom is -0.359 e. The van der Waals surface area contributed by atoms with E-state index in [-0.39, 0.29) is 17.5 Å². The molecule has 18 heavy (non-hydrogen) atoms. The first-order valence-electron chi connectivity index (χ1n) is 5.48. The molecule has 7 heteroatoms. The average Bonchev–Trinajstić information content (AvgIpc) is 2.57. The van der Waals surface area contributed by atoms with E-state index in [1.165, 1.54) is 0 Å². The monoisotopic (exact) mass is 348 g/mol. The fourth-order valence-corrected chi connectivity index (χ4v) is 4.18. The van der Waals surface area contributed by atoms with Crippen LogP contribution in [0.2, 0.25) is 0 Å². The highest BCUT2D eigenvalue weighted by atomic mass is 79.9. The molecular formula is C11H13BrN2O2S2. The van der Waals surface area contributed by atoms with Gasteiger partial charge in [0.05, 0.1) is 11.5 Å². The molecule has 0 spiro atoms. The molecule has 1 aromatic rings. The molecule has 2 rings (SSSR count). The fourth-order valence-electron chi connectivity index (χ4n) is 1.83. The van der Waals surface area contributed by atoms with E-state index < -0.39 is 9.84 Å². The number of benzene rings is 1. The smallest absolute Gasteiger partial charge is 0.171 e. The largest absolute Gasteiger partial charge is 0.359 e. The molecule has 0 bridgehead atoms. The fraction of sp³-hybridized carbons (Fsp3) is 0.364. The van der Waals surface area contributed by atoms with Crippen molar-refractivity contribution in [1.29, 1.82) is 0 Å². The lowest BCUT2D eigenvalue weighted by Crippen LogP contribution is -2.38. The summed E-state index contributed by atoms with van der Waals surface area (Å²) < 4.78 is 23.6. The molecule has 1 atom stereocenters. The third-order valence-electron chi connectivity index (χ3n) is 2.65. The van der Waals surface area contributed by atoms with Crippen LogP contribution in [0.1, 0.15) is 6.42 Å². The number of thiocarbonyl (C=S) groups is 1. The van der Waals surface area contributed by atoms with E-state index in [9.17, 15) is 8.42 Å². The summed E-state index contributed by atoms with van der Waals surface area (Å²) in [5.41, 5.74) is 0.864. The molecule has 1 aliphatic rings. The van der Waals surface area contributed by atoms with Crippen LogP contribution in [-0.2, 0) is 9.84 Å². The Morgan fingerprint density at radius 1 is 1.44 bits per heavy atom. The second-order valence-corrected chi connectivity index (χ2v) is 7.76. The topological polar surface area (TPSA) is 58.2 Å². The summed E-state index contributed by atoms with van der Waals surface area (Å²) in [5, 5.41) is 6.51. The van der Waals surface area contributed by atoms with Crippen molar-refractivity contribution >= 4 is 48.8 Å². The van der Waals surface area contributed by atoms with Crippen LogP contribution < -0.4 is 10.6 Å². The van der Waals surface area contributed by atoms with Crippen molar-refractivity contribution in [2.24, 2.45) is 0 Å². The molecule has 0 unspecified atom stereocenters. The van der Waals surface area contributed by atoms with Gasteiger partial charge in [-0.3, -0.25) is 0 Å². The Morgan fingerprint density at radius 3 is 2.83 bits per heavy atom. The maximum absolute atomic E-state index is 11.3. The van der Waals surface area contributed by atoms with Gasteiger partial charge in [0, 0.05) is 16.2 Å². The second-order valence-electron chi connectivity index (χ2n) is 4.21. The van der Waals surface area contributed by atoms with Gasteiger partial charge < -0.3 is 10.6 Å². The van der Waals surface area contributed by atoms with Crippen molar-refractivity contribution in [3.05, 3.63) is 28.7 Å². The van der Waals surface area contributed by atoms with E-state index in [1.54, 1.807) is 0 Å². The minimum absolute atomic E-state index is 0.0813. The number of rotatable bonds is 2. The molecule has 0 aromatic heterocycles. The van der Waals surface area contributed by atoms with E-state index in [4.69, 9.17) is 12.2 Å². The van der Waals surface area contributed by atoms with Crippen LogP contribution in [0.3, 0.4) is 0 Å². The van der Waals surface area contributed by atoms with Crippen LogP contribution in [0, 0.1) is 0 Å². The van der Waals surface area contributed by atoms with Crippen LogP contribution in [0.5, 0.6) is 0 Å². The van der Waals surface area contributed by atoms with E-state index in [0.29, 0.717) is 11.5 Å². The first-order chi connectivity index (χ1) is 8.44. The van der Waals surface area contributed by atoms with Crippen molar-refractivity contribution < 1.29 is 8.42 Å². The summed E-state index contributed by atoms with van der Waals surface area (Å²) in [4.78, 5) is 0. The van der Waals surface area contributed by atoms with Crippen LogP contribution in [0.15, 0.2) is 28.7 Å². The van der Waals surface area contributed by atoms with Gasteiger partial charge in [0.15, 0.2) is 14.9 Å². The highest BCUT2D eigenvalue weighted by molar-refractivity contribution is 9.10. The summed E-state index contributed by atoms with van der Waals surface area (Å²) in [5.74, 6) is 0.400. The molecule has 2 N–H and O–H groups in total. The Bertz CT molecular complexity index is 560. The zero-order valence-corrected chi connectivity index (χ0v) is 12.7. The van der Waals surface area contributed by atoms with E-state index >= 15 is 0 Å². The van der Waals surface area contributed by atoms with E-state index in [2.05, 4.69) is 26.6 Å². The first kappa shape index (κ1) is 13.8. The summed E-state index contributed by atoms with van der Waals surface area (Å²) in [6.07, 6.45) is 0.614. The lowest BCUT2D eigenvalue weighted by Gasteiger charge is -2.14. The normalized spacial score (nSPS) is 21.5. The lowest BCUT2D eigenvalue weighted by atomic mass is 10.3. The third-order valence-corrected chi connectivity index (χ3v) is 5.13. The molecule has 1 heterocycles. The van der Waals surface area contributed by atoms with Gasteiger partial charge in [-0.15, -0.1) is 0 Å². The average molecular weight is 349 g/mol.